The second kappa shape index (κ2) is 11.7. The summed E-state index contributed by atoms with van der Waals surface area (Å²) in [5.74, 6) is 4.41. The Balaban J connectivity index is 1.07. The van der Waals surface area contributed by atoms with Crippen LogP contribution in [0.1, 0.15) is 43.6 Å². The van der Waals surface area contributed by atoms with Crippen LogP contribution in [0.5, 0.6) is 0 Å². The lowest BCUT2D eigenvalue weighted by molar-refractivity contribution is 0.145. The van der Waals surface area contributed by atoms with E-state index in [2.05, 4.69) is 60.7 Å². The fraction of sp³-hybridized carbons (Fsp3) is 0.190. The average Bonchev–Trinajstić information content (AvgIpc) is 3.66. The molecule has 5 aromatic carbocycles. The van der Waals surface area contributed by atoms with Gasteiger partial charge in [-0.3, -0.25) is 0 Å². The third-order valence-electron chi connectivity index (χ3n) is 10.3. The van der Waals surface area contributed by atoms with Crippen LogP contribution >= 0.6 is 0 Å². The number of hydrogen-bond acceptors (Lipinski definition) is 5. The zero-order chi connectivity index (χ0) is 31.2. The van der Waals surface area contributed by atoms with Crippen molar-refractivity contribution in [1.29, 1.82) is 0 Å². The summed E-state index contributed by atoms with van der Waals surface area (Å²) in [4.78, 5) is 19.4. The Morgan fingerprint density at radius 3 is 1.74 bits per heavy atom. The van der Waals surface area contributed by atoms with Crippen LogP contribution in [0.4, 0.5) is 0 Å². The number of benzene rings is 5. The Kier molecular flexibility index (Phi) is 6.96. The molecule has 2 heterocycles. The van der Waals surface area contributed by atoms with Crippen molar-refractivity contribution >= 4 is 11.1 Å². The van der Waals surface area contributed by atoms with E-state index in [0.717, 1.165) is 61.9 Å². The predicted molar refractivity (Wildman–Crippen MR) is 187 cm³/mol. The van der Waals surface area contributed by atoms with Gasteiger partial charge in [0.25, 0.3) is 0 Å². The van der Waals surface area contributed by atoms with Crippen LogP contribution < -0.4 is 0 Å². The third-order valence-corrected chi connectivity index (χ3v) is 10.3. The Morgan fingerprint density at radius 1 is 0.511 bits per heavy atom. The van der Waals surface area contributed by atoms with Crippen molar-refractivity contribution in [1.82, 2.24) is 19.9 Å². The fourth-order valence-corrected chi connectivity index (χ4v) is 7.87. The molecule has 3 fully saturated rings. The zero-order valence-corrected chi connectivity index (χ0v) is 26.1. The molecule has 0 amide bonds. The molecule has 3 aliphatic rings. The molecule has 10 rings (SSSR count). The number of aromatic nitrogens is 4. The number of fused-ring (bicyclic) bond motifs is 4. The third kappa shape index (κ3) is 5.22. The summed E-state index contributed by atoms with van der Waals surface area (Å²) in [6, 6.07) is 42.0. The van der Waals surface area contributed by atoms with Gasteiger partial charge in [-0.2, -0.15) is 0 Å². The van der Waals surface area contributed by atoms with Gasteiger partial charge in [0.05, 0.1) is 0 Å². The van der Waals surface area contributed by atoms with Crippen molar-refractivity contribution in [2.75, 3.05) is 0 Å². The van der Waals surface area contributed by atoms with Crippen molar-refractivity contribution in [3.05, 3.63) is 133 Å². The van der Waals surface area contributed by atoms with Gasteiger partial charge in [0.2, 0.25) is 0 Å². The van der Waals surface area contributed by atoms with Crippen molar-refractivity contribution in [2.45, 2.75) is 38.0 Å². The summed E-state index contributed by atoms with van der Waals surface area (Å²) < 4.78 is 6.05. The van der Waals surface area contributed by atoms with Crippen molar-refractivity contribution in [3.8, 4) is 56.4 Å². The second-order valence-electron chi connectivity index (χ2n) is 13.1. The smallest absolute Gasteiger partial charge is 0.182 e. The molecule has 5 nitrogen and oxygen atoms in total. The molecule has 5 heteroatoms. The predicted octanol–water partition coefficient (Wildman–Crippen LogP) is 10.6. The number of oxazole rings is 1. The van der Waals surface area contributed by atoms with Gasteiger partial charge < -0.3 is 4.42 Å². The largest absolute Gasteiger partial charge is 0.443 e. The van der Waals surface area contributed by atoms with Crippen LogP contribution in [0, 0.1) is 11.8 Å². The van der Waals surface area contributed by atoms with E-state index in [0.29, 0.717) is 23.4 Å². The Hall–Kier alpha value is -5.42. The standard InChI is InChI=1S/C42H34N4O/c1-3-8-31(9-4-1)40-44-41(32-10-5-2-6-11-32)46-42(45-40)34-13-7-12-33(25-34)35-22-23-36(39-38(35)43-26-47-39)28-18-20-30(21-19-28)37-24-27-14-16-29(37)17-15-27/h1-13,18-23,25-27,29,37H,14-17,24H2. The minimum Gasteiger partial charge on any atom is -0.443 e. The maximum atomic E-state index is 6.05. The summed E-state index contributed by atoms with van der Waals surface area (Å²) >= 11 is 0. The maximum absolute atomic E-state index is 6.05. The summed E-state index contributed by atoms with van der Waals surface area (Å²) in [5, 5.41) is 0. The topological polar surface area (TPSA) is 64.7 Å². The van der Waals surface area contributed by atoms with Crippen LogP contribution in [-0.4, -0.2) is 19.9 Å². The molecule has 3 aliphatic carbocycles. The molecule has 2 bridgehead atoms. The molecule has 47 heavy (non-hydrogen) atoms. The molecule has 2 aromatic heterocycles. The summed E-state index contributed by atoms with van der Waals surface area (Å²) in [7, 11) is 0. The van der Waals surface area contributed by atoms with Crippen LogP contribution in [0.3, 0.4) is 0 Å². The number of nitrogens with zero attached hydrogens (tertiary/aromatic N) is 4. The molecule has 0 N–H and O–H groups in total. The number of rotatable bonds is 6. The summed E-state index contributed by atoms with van der Waals surface area (Å²) in [5.41, 5.74) is 10.2. The van der Waals surface area contributed by atoms with Crippen LogP contribution in [-0.2, 0) is 0 Å². The Morgan fingerprint density at radius 2 is 1.11 bits per heavy atom. The van der Waals surface area contributed by atoms with Crippen molar-refractivity contribution in [3.63, 3.8) is 0 Å². The van der Waals surface area contributed by atoms with Crippen LogP contribution in [0.15, 0.2) is 132 Å². The first-order valence-corrected chi connectivity index (χ1v) is 16.7. The molecule has 0 spiro atoms. The highest BCUT2D eigenvalue weighted by atomic mass is 16.3. The van der Waals surface area contributed by atoms with Gasteiger partial charge in [-0.1, -0.05) is 122 Å². The molecule has 3 saturated carbocycles. The molecule has 0 saturated heterocycles. The average molecular weight is 611 g/mol. The molecule has 228 valence electrons. The zero-order valence-electron chi connectivity index (χ0n) is 26.1. The van der Waals surface area contributed by atoms with Crippen molar-refractivity contribution in [2.24, 2.45) is 11.8 Å². The van der Waals surface area contributed by atoms with Gasteiger partial charge in [0.1, 0.15) is 5.52 Å². The first kappa shape index (κ1) is 27.9. The first-order valence-electron chi connectivity index (χ1n) is 16.7. The highest BCUT2D eigenvalue weighted by molar-refractivity contribution is 5.99. The van der Waals surface area contributed by atoms with Crippen LogP contribution in [0.2, 0.25) is 0 Å². The van der Waals surface area contributed by atoms with E-state index in [-0.39, 0.29) is 0 Å². The monoisotopic (exact) mass is 610 g/mol. The molecule has 7 aromatic rings. The van der Waals surface area contributed by atoms with Gasteiger partial charge >= 0.3 is 0 Å². The number of hydrogen-bond donors (Lipinski definition) is 0. The van der Waals surface area contributed by atoms with E-state index in [1.165, 1.54) is 37.7 Å². The van der Waals surface area contributed by atoms with E-state index in [9.17, 15) is 0 Å². The molecule has 1 unspecified atom stereocenters. The molecule has 0 aliphatic heterocycles. The molecular weight excluding hydrogens is 576 g/mol. The SMILES string of the molecule is c1ccc(-c2nc(-c3ccccc3)nc(-c3cccc(-c4ccc(-c5ccc(C6CC7CCC6CC7)cc5)c5ocnc45)c3)n2)cc1. The van der Waals surface area contributed by atoms with Crippen molar-refractivity contribution < 1.29 is 4.42 Å². The van der Waals surface area contributed by atoms with Gasteiger partial charge in [-0.05, 0) is 65.8 Å². The Bertz CT molecular complexity index is 2120. The highest BCUT2D eigenvalue weighted by Crippen LogP contribution is 2.50. The normalized spacial score (nSPS) is 18.9. The molecular formula is C42H34N4O. The van der Waals surface area contributed by atoms with E-state index >= 15 is 0 Å². The van der Waals surface area contributed by atoms with Gasteiger partial charge in [-0.25, -0.2) is 19.9 Å². The fourth-order valence-electron chi connectivity index (χ4n) is 7.87. The lowest BCUT2D eigenvalue weighted by Crippen LogP contribution is -2.29. The lowest BCUT2D eigenvalue weighted by Gasteiger charge is -2.42. The van der Waals surface area contributed by atoms with E-state index in [1.807, 2.05) is 60.7 Å². The summed E-state index contributed by atoms with van der Waals surface area (Å²) in [6.45, 7) is 0. The lowest BCUT2D eigenvalue weighted by atomic mass is 9.63. The first-order chi connectivity index (χ1) is 23.3. The molecule has 0 radical (unpaired) electrons. The van der Waals surface area contributed by atoms with Gasteiger partial charge in [0.15, 0.2) is 29.4 Å². The van der Waals surface area contributed by atoms with E-state index in [4.69, 9.17) is 24.4 Å². The minimum atomic E-state index is 0.624. The highest BCUT2D eigenvalue weighted by Gasteiger charge is 2.36. The second-order valence-corrected chi connectivity index (χ2v) is 13.1. The van der Waals surface area contributed by atoms with E-state index < -0.39 is 0 Å². The van der Waals surface area contributed by atoms with Crippen LogP contribution in [0.25, 0.3) is 67.5 Å². The Labute approximate surface area is 274 Å². The molecule has 1 atom stereocenters. The maximum Gasteiger partial charge on any atom is 0.182 e. The minimum absolute atomic E-state index is 0.624. The van der Waals surface area contributed by atoms with Gasteiger partial charge in [0, 0.05) is 27.8 Å². The van der Waals surface area contributed by atoms with E-state index in [1.54, 1.807) is 6.39 Å². The summed E-state index contributed by atoms with van der Waals surface area (Å²) in [6.07, 6.45) is 8.56. The van der Waals surface area contributed by atoms with Gasteiger partial charge in [-0.15, -0.1) is 0 Å². The quantitative estimate of drug-likeness (QED) is 0.187.